The third kappa shape index (κ3) is 2.52. The van der Waals surface area contributed by atoms with Crippen molar-refractivity contribution >= 4 is 17.5 Å². The van der Waals surface area contributed by atoms with Gasteiger partial charge in [-0.3, -0.25) is 9.59 Å². The van der Waals surface area contributed by atoms with E-state index in [9.17, 15) is 9.59 Å². The second kappa shape index (κ2) is 6.12. The molecule has 5 heteroatoms. The maximum Gasteiger partial charge on any atom is 0.237 e. The van der Waals surface area contributed by atoms with Crippen LogP contribution in [0.3, 0.4) is 0 Å². The molecular formula is C22H22N2O3. The Kier molecular flexibility index (Phi) is 3.71. The first-order valence-electron chi connectivity index (χ1n) is 9.64. The van der Waals surface area contributed by atoms with Gasteiger partial charge in [-0.2, -0.15) is 0 Å². The van der Waals surface area contributed by atoms with Crippen molar-refractivity contribution in [1.82, 2.24) is 5.32 Å². The Bertz CT molecular complexity index is 897. The van der Waals surface area contributed by atoms with E-state index in [0.717, 1.165) is 37.0 Å². The number of nitrogens with one attached hydrogen (secondary N) is 2. The molecule has 1 saturated heterocycles. The zero-order chi connectivity index (χ0) is 18.4. The molecule has 0 radical (unpaired) electrons. The quantitative estimate of drug-likeness (QED) is 0.805. The van der Waals surface area contributed by atoms with E-state index < -0.39 is 11.6 Å². The largest absolute Gasteiger partial charge is 0.467 e. The van der Waals surface area contributed by atoms with Crippen molar-refractivity contribution in [2.45, 2.75) is 37.3 Å². The zero-order valence-electron chi connectivity index (χ0n) is 15.0. The Labute approximate surface area is 158 Å². The molecule has 3 aliphatic rings. The van der Waals surface area contributed by atoms with Crippen LogP contribution < -0.4 is 15.4 Å². The predicted octanol–water partition coefficient (Wildman–Crippen LogP) is 3.43. The van der Waals surface area contributed by atoms with E-state index in [1.165, 1.54) is 0 Å². The first-order valence-corrected chi connectivity index (χ1v) is 9.64. The van der Waals surface area contributed by atoms with Crippen molar-refractivity contribution in [3.63, 3.8) is 0 Å². The molecule has 4 unspecified atom stereocenters. The van der Waals surface area contributed by atoms with Crippen LogP contribution in [0.4, 0.5) is 5.69 Å². The summed E-state index contributed by atoms with van der Waals surface area (Å²) < 4.78 is 6.35. The number of carbonyl (C=O) groups is 2. The Morgan fingerprint density at radius 3 is 2.70 bits per heavy atom. The van der Waals surface area contributed by atoms with E-state index in [4.69, 9.17) is 4.74 Å². The standard InChI is InChI=1S/C22H22N2O3/c25-20(23-14-8-2-1-3-9-14)19-18-15-10-4-5-12-17(15)27-22(24-21(19)26)13-7-6-11-16(18)22/h1-5,8-10,12,16,18-19H,6-7,11,13H2,(H,23,25)(H,24,26). The number of benzene rings is 2. The number of ether oxygens (including phenoxy) is 1. The zero-order valence-corrected chi connectivity index (χ0v) is 15.0. The third-order valence-corrected chi connectivity index (χ3v) is 6.22. The van der Waals surface area contributed by atoms with Crippen molar-refractivity contribution in [3.8, 4) is 5.75 Å². The highest BCUT2D eigenvalue weighted by molar-refractivity contribution is 6.08. The van der Waals surface area contributed by atoms with E-state index >= 15 is 0 Å². The van der Waals surface area contributed by atoms with Gasteiger partial charge in [0.2, 0.25) is 11.8 Å². The lowest BCUT2D eigenvalue weighted by Gasteiger charge is -2.55. The van der Waals surface area contributed by atoms with Crippen molar-refractivity contribution in [3.05, 3.63) is 60.2 Å². The second-order valence-electron chi connectivity index (χ2n) is 7.73. The highest BCUT2D eigenvalue weighted by Gasteiger charge is 2.60. The van der Waals surface area contributed by atoms with Gasteiger partial charge in [-0.15, -0.1) is 0 Å². The minimum Gasteiger partial charge on any atom is -0.467 e. The summed E-state index contributed by atoms with van der Waals surface area (Å²) in [6, 6.07) is 17.1. The van der Waals surface area contributed by atoms with E-state index in [1.54, 1.807) is 0 Å². The van der Waals surface area contributed by atoms with Gasteiger partial charge in [0.1, 0.15) is 11.7 Å². The van der Waals surface area contributed by atoms with E-state index in [-0.39, 0.29) is 23.7 Å². The number of fused-ring (bicyclic) bond motifs is 2. The molecule has 27 heavy (non-hydrogen) atoms. The number of amides is 2. The lowest BCUT2D eigenvalue weighted by atomic mass is 9.62. The van der Waals surface area contributed by atoms with Gasteiger partial charge in [-0.05, 0) is 36.6 Å². The Morgan fingerprint density at radius 2 is 1.85 bits per heavy atom. The fourth-order valence-corrected chi connectivity index (χ4v) is 5.09. The van der Waals surface area contributed by atoms with Crippen LogP contribution in [0.15, 0.2) is 54.6 Å². The summed E-state index contributed by atoms with van der Waals surface area (Å²) in [6.45, 7) is 0. The number of hydrogen-bond donors (Lipinski definition) is 2. The van der Waals surface area contributed by atoms with Crippen LogP contribution >= 0.6 is 0 Å². The molecule has 1 aliphatic carbocycles. The van der Waals surface area contributed by atoms with Crippen molar-refractivity contribution in [1.29, 1.82) is 0 Å². The molecule has 2 fully saturated rings. The molecule has 1 saturated carbocycles. The minimum atomic E-state index is -0.758. The van der Waals surface area contributed by atoms with Crippen molar-refractivity contribution in [2.24, 2.45) is 11.8 Å². The van der Waals surface area contributed by atoms with Crippen LogP contribution in [0.2, 0.25) is 0 Å². The number of anilines is 1. The van der Waals surface area contributed by atoms with E-state index in [1.807, 2.05) is 54.6 Å². The highest BCUT2D eigenvalue weighted by Crippen LogP contribution is 2.55. The molecule has 2 aromatic carbocycles. The smallest absolute Gasteiger partial charge is 0.237 e. The van der Waals surface area contributed by atoms with Crippen LogP contribution in [0.25, 0.3) is 0 Å². The van der Waals surface area contributed by atoms with Crippen molar-refractivity contribution in [2.75, 3.05) is 5.32 Å². The lowest BCUT2D eigenvalue weighted by molar-refractivity contribution is -0.160. The molecule has 2 bridgehead atoms. The summed E-state index contributed by atoms with van der Waals surface area (Å²) in [5.41, 5.74) is 1.01. The molecule has 0 aromatic heterocycles. The number of piperidine rings is 1. The molecule has 2 amide bonds. The van der Waals surface area contributed by atoms with Crippen LogP contribution in [0, 0.1) is 11.8 Å². The molecule has 138 valence electrons. The normalized spacial score (nSPS) is 31.0. The molecule has 2 aromatic rings. The SMILES string of the molecule is O=C(Nc1ccccc1)C1C(=O)NC23CCCCC2C1c1ccccc1O3. The summed E-state index contributed by atoms with van der Waals surface area (Å²) in [5.74, 6) is -0.497. The van der Waals surface area contributed by atoms with Gasteiger partial charge in [-0.25, -0.2) is 0 Å². The fourth-order valence-electron chi connectivity index (χ4n) is 5.09. The number of rotatable bonds is 2. The van der Waals surface area contributed by atoms with Gasteiger partial charge in [0, 0.05) is 23.9 Å². The predicted molar refractivity (Wildman–Crippen MR) is 101 cm³/mol. The minimum absolute atomic E-state index is 0.116. The fraction of sp³-hybridized carbons (Fsp3) is 0.364. The highest BCUT2D eigenvalue weighted by atomic mass is 16.5. The first kappa shape index (κ1) is 16.4. The summed E-state index contributed by atoms with van der Waals surface area (Å²) in [6.07, 6.45) is 3.86. The summed E-state index contributed by atoms with van der Waals surface area (Å²) >= 11 is 0. The summed E-state index contributed by atoms with van der Waals surface area (Å²) in [5, 5.41) is 6.03. The number of para-hydroxylation sites is 2. The van der Waals surface area contributed by atoms with Gasteiger partial charge >= 0.3 is 0 Å². The number of hydrogen-bond acceptors (Lipinski definition) is 3. The third-order valence-electron chi connectivity index (χ3n) is 6.22. The van der Waals surface area contributed by atoms with Crippen LogP contribution in [0.5, 0.6) is 5.75 Å². The molecule has 0 spiro atoms. The van der Waals surface area contributed by atoms with Crippen molar-refractivity contribution < 1.29 is 14.3 Å². The second-order valence-corrected chi connectivity index (χ2v) is 7.73. The lowest BCUT2D eigenvalue weighted by Crippen LogP contribution is -2.69. The summed E-state index contributed by atoms with van der Waals surface area (Å²) in [7, 11) is 0. The topological polar surface area (TPSA) is 67.4 Å². The van der Waals surface area contributed by atoms with E-state index in [0.29, 0.717) is 5.69 Å². The molecular weight excluding hydrogens is 340 g/mol. The first-order chi connectivity index (χ1) is 13.2. The van der Waals surface area contributed by atoms with E-state index in [2.05, 4.69) is 10.6 Å². The van der Waals surface area contributed by atoms with Crippen LogP contribution in [-0.2, 0) is 9.59 Å². The summed E-state index contributed by atoms with van der Waals surface area (Å²) in [4.78, 5) is 26.2. The molecule has 4 atom stereocenters. The molecule has 2 aliphatic heterocycles. The Morgan fingerprint density at radius 1 is 1.07 bits per heavy atom. The monoisotopic (exact) mass is 362 g/mol. The van der Waals surface area contributed by atoms with Crippen LogP contribution in [0.1, 0.15) is 37.2 Å². The Balaban J connectivity index is 1.57. The maximum atomic E-state index is 13.1. The van der Waals surface area contributed by atoms with Gasteiger partial charge in [0.05, 0.1) is 0 Å². The number of carbonyl (C=O) groups excluding carboxylic acids is 2. The van der Waals surface area contributed by atoms with Gasteiger partial charge in [0.15, 0.2) is 5.72 Å². The van der Waals surface area contributed by atoms with Gasteiger partial charge < -0.3 is 15.4 Å². The molecule has 5 nitrogen and oxygen atoms in total. The van der Waals surface area contributed by atoms with Gasteiger partial charge in [0.25, 0.3) is 0 Å². The van der Waals surface area contributed by atoms with Crippen LogP contribution in [-0.4, -0.2) is 17.5 Å². The average Bonchev–Trinajstić information content (AvgIpc) is 2.67. The molecule has 2 heterocycles. The van der Waals surface area contributed by atoms with Gasteiger partial charge in [-0.1, -0.05) is 42.8 Å². The average molecular weight is 362 g/mol. The molecule has 5 rings (SSSR count). The Hall–Kier alpha value is -2.82. The maximum absolute atomic E-state index is 13.1. The molecule has 2 N–H and O–H groups in total.